The summed E-state index contributed by atoms with van der Waals surface area (Å²) in [7, 11) is 0. The minimum atomic E-state index is 0.469. The monoisotopic (exact) mass is 282 g/mol. The number of nitrogens with one attached hydrogen (secondary N) is 1. The lowest BCUT2D eigenvalue weighted by Crippen LogP contribution is -2.21. The molecule has 0 aromatic carbocycles. The van der Waals surface area contributed by atoms with Crippen molar-refractivity contribution in [3.63, 3.8) is 0 Å². The quantitative estimate of drug-likeness (QED) is 0.599. The average molecular weight is 282 g/mol. The third-order valence-corrected chi connectivity index (χ3v) is 3.13. The number of unbranched alkanes of at least 4 members (excludes halogenated alkanes) is 4. The van der Waals surface area contributed by atoms with E-state index in [1.807, 2.05) is 10.9 Å². The first-order chi connectivity index (χ1) is 9.72. The molecular formula is C15H30N4O. The zero-order valence-electron chi connectivity index (χ0n) is 13.3. The van der Waals surface area contributed by atoms with Gasteiger partial charge in [0, 0.05) is 25.4 Å². The Labute approximate surface area is 123 Å². The second kappa shape index (κ2) is 10.8. The second-order valence-electron chi connectivity index (χ2n) is 5.54. The number of aromatic nitrogens is 3. The number of hydrogen-bond acceptors (Lipinski definition) is 4. The van der Waals surface area contributed by atoms with Crippen molar-refractivity contribution in [2.45, 2.75) is 72.0 Å². The molecule has 0 radical (unpaired) electrons. The van der Waals surface area contributed by atoms with Crippen molar-refractivity contribution in [2.75, 3.05) is 13.2 Å². The lowest BCUT2D eigenvalue weighted by atomic mass is 10.2. The fourth-order valence-corrected chi connectivity index (χ4v) is 1.91. The summed E-state index contributed by atoms with van der Waals surface area (Å²) >= 11 is 0. The molecule has 5 nitrogen and oxygen atoms in total. The van der Waals surface area contributed by atoms with E-state index in [4.69, 9.17) is 4.74 Å². The van der Waals surface area contributed by atoms with Crippen LogP contribution in [-0.4, -0.2) is 34.2 Å². The highest BCUT2D eigenvalue weighted by Gasteiger charge is 2.01. The predicted molar refractivity (Wildman–Crippen MR) is 81.6 cm³/mol. The van der Waals surface area contributed by atoms with Crippen LogP contribution in [0.5, 0.6) is 0 Å². The summed E-state index contributed by atoms with van der Waals surface area (Å²) in [5.74, 6) is 0. The molecule has 0 aliphatic carbocycles. The van der Waals surface area contributed by atoms with E-state index in [1.54, 1.807) is 0 Å². The van der Waals surface area contributed by atoms with E-state index in [-0.39, 0.29) is 0 Å². The van der Waals surface area contributed by atoms with Gasteiger partial charge in [-0.05, 0) is 6.42 Å². The van der Waals surface area contributed by atoms with Gasteiger partial charge in [-0.3, -0.25) is 0 Å². The predicted octanol–water partition coefficient (Wildman–Crippen LogP) is 2.76. The van der Waals surface area contributed by atoms with E-state index in [1.165, 1.54) is 32.1 Å². The van der Waals surface area contributed by atoms with Crippen molar-refractivity contribution < 1.29 is 4.74 Å². The van der Waals surface area contributed by atoms with Crippen LogP contribution in [0, 0.1) is 0 Å². The molecule has 20 heavy (non-hydrogen) atoms. The van der Waals surface area contributed by atoms with Crippen molar-refractivity contribution in [2.24, 2.45) is 0 Å². The molecular weight excluding hydrogens is 252 g/mol. The number of rotatable bonds is 12. The van der Waals surface area contributed by atoms with Crippen molar-refractivity contribution in [1.82, 2.24) is 20.3 Å². The van der Waals surface area contributed by atoms with Gasteiger partial charge in [-0.1, -0.05) is 51.7 Å². The molecule has 0 spiro atoms. The van der Waals surface area contributed by atoms with Crippen molar-refractivity contribution in [3.05, 3.63) is 11.9 Å². The average Bonchev–Trinajstić information content (AvgIpc) is 2.87. The Balaban J connectivity index is 2.01. The highest BCUT2D eigenvalue weighted by Crippen LogP contribution is 2.02. The standard InChI is InChI=1S/C15H30N4O/c1-4-5-6-7-8-10-20-11-9-19-13-15(17-18-19)12-16-14(2)3/h13-14,16H,4-12H2,1-3H3. The summed E-state index contributed by atoms with van der Waals surface area (Å²) in [6.45, 7) is 9.62. The Bertz CT molecular complexity index is 338. The lowest BCUT2D eigenvalue weighted by molar-refractivity contribution is 0.119. The minimum absolute atomic E-state index is 0.469. The minimum Gasteiger partial charge on any atom is -0.380 e. The molecule has 5 heteroatoms. The summed E-state index contributed by atoms with van der Waals surface area (Å²) < 4.78 is 7.48. The maximum Gasteiger partial charge on any atom is 0.0964 e. The molecule has 1 aromatic rings. The van der Waals surface area contributed by atoms with Gasteiger partial charge in [-0.2, -0.15) is 0 Å². The summed E-state index contributed by atoms with van der Waals surface area (Å²) in [4.78, 5) is 0. The van der Waals surface area contributed by atoms with Gasteiger partial charge in [-0.15, -0.1) is 5.10 Å². The number of ether oxygens (including phenoxy) is 1. The Morgan fingerprint density at radius 1 is 1.20 bits per heavy atom. The normalized spacial score (nSPS) is 11.4. The topological polar surface area (TPSA) is 52.0 Å². The number of hydrogen-bond donors (Lipinski definition) is 1. The lowest BCUT2D eigenvalue weighted by Gasteiger charge is -2.05. The summed E-state index contributed by atoms with van der Waals surface area (Å²) in [6.07, 6.45) is 8.39. The fourth-order valence-electron chi connectivity index (χ4n) is 1.91. The molecule has 1 heterocycles. The Hall–Kier alpha value is -0.940. The van der Waals surface area contributed by atoms with Crippen LogP contribution in [-0.2, 0) is 17.8 Å². The van der Waals surface area contributed by atoms with Crippen LogP contribution < -0.4 is 5.32 Å². The van der Waals surface area contributed by atoms with Gasteiger partial charge in [0.2, 0.25) is 0 Å². The van der Waals surface area contributed by atoms with Crippen LogP contribution in [0.25, 0.3) is 0 Å². The Morgan fingerprint density at radius 2 is 2.00 bits per heavy atom. The summed E-state index contributed by atoms with van der Waals surface area (Å²) in [5, 5.41) is 11.6. The van der Waals surface area contributed by atoms with E-state index < -0.39 is 0 Å². The molecule has 0 saturated carbocycles. The molecule has 0 atom stereocenters. The third kappa shape index (κ3) is 8.27. The molecule has 0 amide bonds. The highest BCUT2D eigenvalue weighted by molar-refractivity contribution is 4.91. The maximum absolute atomic E-state index is 5.62. The van der Waals surface area contributed by atoms with Crippen LogP contribution in [0.1, 0.15) is 58.6 Å². The van der Waals surface area contributed by atoms with E-state index >= 15 is 0 Å². The molecule has 1 rings (SSSR count). The molecule has 0 bridgehead atoms. The molecule has 0 unspecified atom stereocenters. The van der Waals surface area contributed by atoms with E-state index in [0.29, 0.717) is 12.6 Å². The highest BCUT2D eigenvalue weighted by atomic mass is 16.5. The van der Waals surface area contributed by atoms with Crippen molar-refractivity contribution >= 4 is 0 Å². The van der Waals surface area contributed by atoms with Crippen LogP contribution in [0.15, 0.2) is 6.20 Å². The van der Waals surface area contributed by atoms with Gasteiger partial charge in [-0.25, -0.2) is 4.68 Å². The number of nitrogens with zero attached hydrogens (tertiary/aromatic N) is 3. The van der Waals surface area contributed by atoms with E-state index in [9.17, 15) is 0 Å². The maximum atomic E-state index is 5.62. The van der Waals surface area contributed by atoms with E-state index in [0.717, 1.165) is 25.4 Å². The van der Waals surface area contributed by atoms with Crippen molar-refractivity contribution in [1.29, 1.82) is 0 Å². The summed E-state index contributed by atoms with van der Waals surface area (Å²) in [6, 6.07) is 0.469. The van der Waals surface area contributed by atoms with Gasteiger partial charge >= 0.3 is 0 Å². The molecule has 1 N–H and O–H groups in total. The van der Waals surface area contributed by atoms with Crippen molar-refractivity contribution in [3.8, 4) is 0 Å². The molecule has 116 valence electrons. The van der Waals surface area contributed by atoms with Gasteiger partial charge in [0.25, 0.3) is 0 Å². The first-order valence-electron chi connectivity index (χ1n) is 7.92. The van der Waals surface area contributed by atoms with Gasteiger partial charge in [0.15, 0.2) is 0 Å². The smallest absolute Gasteiger partial charge is 0.0964 e. The largest absolute Gasteiger partial charge is 0.380 e. The van der Waals surface area contributed by atoms with Gasteiger partial charge in [0.05, 0.1) is 18.8 Å². The third-order valence-electron chi connectivity index (χ3n) is 3.13. The zero-order valence-corrected chi connectivity index (χ0v) is 13.3. The molecule has 0 aliphatic rings. The van der Waals surface area contributed by atoms with E-state index in [2.05, 4.69) is 36.4 Å². The van der Waals surface area contributed by atoms with Gasteiger partial charge < -0.3 is 10.1 Å². The second-order valence-corrected chi connectivity index (χ2v) is 5.54. The molecule has 0 aliphatic heterocycles. The zero-order chi connectivity index (χ0) is 14.6. The van der Waals surface area contributed by atoms with Crippen LogP contribution in [0.3, 0.4) is 0 Å². The Kier molecular flexibility index (Phi) is 9.24. The SMILES string of the molecule is CCCCCCCOCCn1cc(CNC(C)C)nn1. The van der Waals surface area contributed by atoms with Crippen LogP contribution in [0.2, 0.25) is 0 Å². The molecule has 0 saturated heterocycles. The fraction of sp³-hybridized carbons (Fsp3) is 0.867. The summed E-state index contributed by atoms with van der Waals surface area (Å²) in [5.41, 5.74) is 0.985. The van der Waals surface area contributed by atoms with Crippen LogP contribution in [0.4, 0.5) is 0 Å². The molecule has 0 fully saturated rings. The Morgan fingerprint density at radius 3 is 2.75 bits per heavy atom. The van der Waals surface area contributed by atoms with Crippen LogP contribution >= 0.6 is 0 Å². The first kappa shape index (κ1) is 17.1. The van der Waals surface area contributed by atoms with Gasteiger partial charge in [0.1, 0.15) is 0 Å². The molecule has 1 aromatic heterocycles. The first-order valence-corrected chi connectivity index (χ1v) is 7.92.